The third kappa shape index (κ3) is 5.97. The molecular weight excluding hydrogens is 511 g/mol. The number of hydrogen-bond donors (Lipinski definition) is 1. The van der Waals surface area contributed by atoms with Crippen molar-refractivity contribution in [3.05, 3.63) is 64.9 Å². The zero-order valence-corrected chi connectivity index (χ0v) is 21.6. The number of hydrogen-bond acceptors (Lipinski definition) is 8. The standard InChI is InChI=1S/C26H27FN6O4S/c1-17(34)28-11-22-14-33(26(36)37-22)21-6-7-23(24(27)10-21)19-4-2-18(3-5-19)12-32-9-8-31(15-25(32)35)13-20-16-38-30-29-20/h2-7,10,16,22H,8-9,11-15H2,1H3,(H,28,34). The Labute approximate surface area is 223 Å². The predicted octanol–water partition coefficient (Wildman–Crippen LogP) is 2.65. The molecule has 0 aliphatic carbocycles. The van der Waals surface area contributed by atoms with Crippen LogP contribution in [0.5, 0.6) is 0 Å². The number of benzene rings is 2. The minimum Gasteiger partial charge on any atom is -0.442 e. The van der Waals surface area contributed by atoms with Gasteiger partial charge >= 0.3 is 6.09 Å². The van der Waals surface area contributed by atoms with Crippen LogP contribution in [0.1, 0.15) is 18.2 Å². The third-order valence-corrected chi connectivity index (χ3v) is 7.10. The summed E-state index contributed by atoms with van der Waals surface area (Å²) in [7, 11) is 0. The zero-order chi connectivity index (χ0) is 26.6. The maximum absolute atomic E-state index is 15.1. The maximum Gasteiger partial charge on any atom is 0.414 e. The summed E-state index contributed by atoms with van der Waals surface area (Å²) in [5, 5.41) is 8.55. The highest BCUT2D eigenvalue weighted by molar-refractivity contribution is 7.03. The van der Waals surface area contributed by atoms with Gasteiger partial charge in [-0.15, -0.1) is 5.10 Å². The predicted molar refractivity (Wildman–Crippen MR) is 139 cm³/mol. The van der Waals surface area contributed by atoms with Crippen LogP contribution in [0, 0.1) is 5.82 Å². The van der Waals surface area contributed by atoms with E-state index in [2.05, 4.69) is 19.8 Å². The average molecular weight is 539 g/mol. The molecule has 2 aromatic carbocycles. The maximum atomic E-state index is 15.1. The lowest BCUT2D eigenvalue weighted by atomic mass is 10.0. The summed E-state index contributed by atoms with van der Waals surface area (Å²) in [6, 6.07) is 12.1. The molecule has 0 saturated carbocycles. The van der Waals surface area contributed by atoms with Crippen LogP contribution >= 0.6 is 11.5 Å². The van der Waals surface area contributed by atoms with Crippen LogP contribution in [0.15, 0.2) is 47.8 Å². The zero-order valence-electron chi connectivity index (χ0n) is 20.8. The second-order valence-corrected chi connectivity index (χ2v) is 9.95. The minimum absolute atomic E-state index is 0.0601. The highest BCUT2D eigenvalue weighted by atomic mass is 32.1. The summed E-state index contributed by atoms with van der Waals surface area (Å²) in [5.41, 5.74) is 3.32. The smallest absolute Gasteiger partial charge is 0.414 e. The van der Waals surface area contributed by atoms with E-state index in [0.717, 1.165) is 17.8 Å². The van der Waals surface area contributed by atoms with Gasteiger partial charge in [-0.25, -0.2) is 9.18 Å². The van der Waals surface area contributed by atoms with E-state index in [1.54, 1.807) is 12.1 Å². The molecule has 3 heterocycles. The number of halogens is 1. The van der Waals surface area contributed by atoms with E-state index >= 15 is 4.39 Å². The van der Waals surface area contributed by atoms with Crippen molar-refractivity contribution in [2.24, 2.45) is 0 Å². The molecule has 2 aliphatic rings. The van der Waals surface area contributed by atoms with Crippen molar-refractivity contribution in [1.29, 1.82) is 0 Å². The Morgan fingerprint density at radius 3 is 2.66 bits per heavy atom. The van der Waals surface area contributed by atoms with Crippen LogP contribution in [0.4, 0.5) is 14.9 Å². The monoisotopic (exact) mass is 538 g/mol. The quantitative estimate of drug-likeness (QED) is 0.470. The summed E-state index contributed by atoms with van der Waals surface area (Å²) >= 11 is 1.30. The Morgan fingerprint density at radius 1 is 1.16 bits per heavy atom. The van der Waals surface area contributed by atoms with Crippen LogP contribution in [0.25, 0.3) is 11.1 Å². The molecule has 10 nitrogen and oxygen atoms in total. The van der Waals surface area contributed by atoms with E-state index in [4.69, 9.17) is 4.74 Å². The van der Waals surface area contributed by atoms with Gasteiger partial charge in [0.15, 0.2) is 0 Å². The molecule has 2 fully saturated rings. The fourth-order valence-corrected chi connectivity index (χ4v) is 5.00. The second kappa shape index (κ2) is 11.2. The van der Waals surface area contributed by atoms with Gasteiger partial charge in [0.1, 0.15) is 11.9 Å². The van der Waals surface area contributed by atoms with Crippen LogP contribution < -0.4 is 10.2 Å². The molecule has 2 aliphatic heterocycles. The fraction of sp³-hybridized carbons (Fsp3) is 0.346. The Bertz CT molecular complexity index is 1320. The Hall–Kier alpha value is -3.90. The van der Waals surface area contributed by atoms with E-state index in [0.29, 0.717) is 43.0 Å². The van der Waals surface area contributed by atoms with Gasteiger partial charge < -0.3 is 15.0 Å². The molecule has 38 heavy (non-hydrogen) atoms. The minimum atomic E-state index is -0.577. The van der Waals surface area contributed by atoms with E-state index < -0.39 is 18.0 Å². The number of carbonyl (C=O) groups excluding carboxylic acids is 3. The molecule has 12 heteroatoms. The highest BCUT2D eigenvalue weighted by Gasteiger charge is 2.32. The number of carbonyl (C=O) groups is 3. The topological polar surface area (TPSA) is 108 Å². The molecule has 2 saturated heterocycles. The van der Waals surface area contributed by atoms with Gasteiger partial charge in [-0.2, -0.15) is 0 Å². The average Bonchev–Trinajstić information content (AvgIpc) is 3.54. The first-order valence-electron chi connectivity index (χ1n) is 12.2. The molecule has 0 spiro atoms. The van der Waals surface area contributed by atoms with Crippen LogP contribution in [0.3, 0.4) is 0 Å². The number of cyclic esters (lactones) is 1. The molecule has 1 unspecified atom stereocenters. The normalized spacial score (nSPS) is 18.1. The molecule has 3 aromatic rings. The van der Waals surface area contributed by atoms with Gasteiger partial charge in [-0.3, -0.25) is 19.4 Å². The van der Waals surface area contributed by atoms with Crippen molar-refractivity contribution in [3.8, 4) is 11.1 Å². The molecule has 0 radical (unpaired) electrons. The number of nitrogens with one attached hydrogen (secondary N) is 1. The molecule has 0 bridgehead atoms. The summed E-state index contributed by atoms with van der Waals surface area (Å²) in [6.07, 6.45) is -1.07. The van der Waals surface area contributed by atoms with Crippen molar-refractivity contribution in [2.75, 3.05) is 37.6 Å². The third-order valence-electron chi connectivity index (χ3n) is 6.54. The first kappa shape index (κ1) is 25.7. The highest BCUT2D eigenvalue weighted by Crippen LogP contribution is 2.29. The summed E-state index contributed by atoms with van der Waals surface area (Å²) in [6.45, 7) is 4.65. The van der Waals surface area contributed by atoms with Crippen molar-refractivity contribution >= 4 is 35.1 Å². The molecule has 1 aromatic heterocycles. The van der Waals surface area contributed by atoms with Crippen LogP contribution in [-0.4, -0.2) is 76.1 Å². The number of ether oxygens (including phenoxy) is 1. The lowest BCUT2D eigenvalue weighted by Crippen LogP contribution is -2.49. The Kier molecular flexibility index (Phi) is 7.61. The van der Waals surface area contributed by atoms with Crippen LogP contribution in [0.2, 0.25) is 0 Å². The first-order valence-corrected chi connectivity index (χ1v) is 13.1. The number of amides is 3. The van der Waals surface area contributed by atoms with Crippen molar-refractivity contribution < 1.29 is 23.5 Å². The van der Waals surface area contributed by atoms with Crippen molar-refractivity contribution in [1.82, 2.24) is 24.7 Å². The van der Waals surface area contributed by atoms with Crippen molar-refractivity contribution in [3.63, 3.8) is 0 Å². The van der Waals surface area contributed by atoms with E-state index in [1.165, 1.54) is 29.4 Å². The van der Waals surface area contributed by atoms with Crippen molar-refractivity contribution in [2.45, 2.75) is 26.1 Å². The fourth-order valence-electron chi connectivity index (χ4n) is 4.55. The second-order valence-electron chi connectivity index (χ2n) is 9.34. The molecular formula is C26H27FN6O4S. The van der Waals surface area contributed by atoms with Crippen LogP contribution in [-0.2, 0) is 27.4 Å². The molecule has 3 amide bonds. The summed E-state index contributed by atoms with van der Waals surface area (Å²) in [5.74, 6) is -0.615. The number of aromatic nitrogens is 2. The molecule has 5 rings (SSSR count). The molecule has 198 valence electrons. The van der Waals surface area contributed by atoms with E-state index in [9.17, 15) is 14.4 Å². The summed E-state index contributed by atoms with van der Waals surface area (Å²) in [4.78, 5) is 41.3. The lowest BCUT2D eigenvalue weighted by Gasteiger charge is -2.34. The van der Waals surface area contributed by atoms with Gasteiger partial charge in [0, 0.05) is 44.0 Å². The Morgan fingerprint density at radius 2 is 1.97 bits per heavy atom. The van der Waals surface area contributed by atoms with Gasteiger partial charge in [0.25, 0.3) is 0 Å². The molecule has 1 atom stereocenters. The Balaban J connectivity index is 1.18. The van der Waals surface area contributed by atoms with Gasteiger partial charge in [0.05, 0.1) is 31.0 Å². The number of rotatable bonds is 8. The first-order chi connectivity index (χ1) is 18.4. The van der Waals surface area contributed by atoms with Gasteiger partial charge in [-0.05, 0) is 40.9 Å². The van der Waals surface area contributed by atoms with Gasteiger partial charge in [0.2, 0.25) is 11.8 Å². The lowest BCUT2D eigenvalue weighted by molar-refractivity contribution is -0.136. The SMILES string of the molecule is CC(=O)NCC1CN(c2ccc(-c3ccc(CN4CCN(Cc5csnn5)CC4=O)cc3)c(F)c2)C(=O)O1. The number of piperazine rings is 1. The van der Waals surface area contributed by atoms with E-state index in [-0.39, 0.29) is 24.9 Å². The number of anilines is 1. The molecule has 1 N–H and O–H groups in total. The largest absolute Gasteiger partial charge is 0.442 e. The summed E-state index contributed by atoms with van der Waals surface area (Å²) < 4.78 is 24.2. The van der Waals surface area contributed by atoms with E-state index in [1.807, 2.05) is 34.5 Å². The number of nitrogens with zero attached hydrogens (tertiary/aromatic N) is 5. The van der Waals surface area contributed by atoms with Gasteiger partial charge in [-0.1, -0.05) is 28.8 Å².